The first kappa shape index (κ1) is 7.77. The molecule has 3 N–H and O–H groups in total. The van der Waals surface area contributed by atoms with Crippen molar-refractivity contribution in [2.24, 2.45) is 23.5 Å². The van der Waals surface area contributed by atoms with Gasteiger partial charge in [0.2, 0.25) is 0 Å². The van der Waals surface area contributed by atoms with Gasteiger partial charge in [0.05, 0.1) is 6.10 Å². The summed E-state index contributed by atoms with van der Waals surface area (Å²) in [5.74, 6) is 1.31. The molecule has 2 nitrogen and oxygen atoms in total. The number of allylic oxidation sites excluding steroid dienone is 2. The minimum absolute atomic E-state index is 0.109. The van der Waals surface area contributed by atoms with E-state index in [-0.39, 0.29) is 12.1 Å². The van der Waals surface area contributed by atoms with Crippen LogP contribution < -0.4 is 5.73 Å². The number of hydrogen-bond acceptors (Lipinski definition) is 2. The summed E-state index contributed by atoms with van der Waals surface area (Å²) in [5, 5.41) is 9.95. The molecule has 2 fully saturated rings. The maximum Gasteiger partial charge on any atom is 0.0640 e. The molecule has 0 aromatic rings. The van der Waals surface area contributed by atoms with Gasteiger partial charge >= 0.3 is 0 Å². The van der Waals surface area contributed by atoms with Crippen LogP contribution in [0.15, 0.2) is 23.8 Å². The smallest absolute Gasteiger partial charge is 0.0640 e. The van der Waals surface area contributed by atoms with Crippen LogP contribution in [-0.2, 0) is 0 Å². The van der Waals surface area contributed by atoms with Crippen LogP contribution in [-0.4, -0.2) is 17.3 Å². The molecule has 0 saturated heterocycles. The van der Waals surface area contributed by atoms with Gasteiger partial charge in [-0.25, -0.2) is 0 Å². The van der Waals surface area contributed by atoms with E-state index in [1.807, 2.05) is 6.08 Å². The Morgan fingerprint density at radius 1 is 1.38 bits per heavy atom. The average Bonchev–Trinajstić information content (AvgIpc) is 2.61. The highest BCUT2D eigenvalue weighted by molar-refractivity contribution is 5.34. The van der Waals surface area contributed by atoms with E-state index in [1.165, 1.54) is 5.57 Å². The molecule has 0 aliphatic heterocycles. The number of rotatable bonds is 0. The topological polar surface area (TPSA) is 46.2 Å². The third-order valence-corrected chi connectivity index (χ3v) is 3.97. The predicted molar refractivity (Wildman–Crippen MR) is 50.9 cm³/mol. The first-order chi connectivity index (χ1) is 6.29. The molecular weight excluding hydrogens is 162 g/mol. The van der Waals surface area contributed by atoms with Gasteiger partial charge in [0.15, 0.2) is 0 Å². The Balaban J connectivity index is 2.03. The second-order valence-corrected chi connectivity index (χ2v) is 4.49. The van der Waals surface area contributed by atoms with Crippen LogP contribution in [0.3, 0.4) is 0 Å². The number of fused-ring (bicyclic) bond motifs is 5. The van der Waals surface area contributed by atoms with Gasteiger partial charge in [0, 0.05) is 17.9 Å². The first-order valence-corrected chi connectivity index (χ1v) is 5.11. The highest BCUT2D eigenvalue weighted by Crippen LogP contribution is 2.53. The van der Waals surface area contributed by atoms with E-state index < -0.39 is 0 Å². The van der Waals surface area contributed by atoms with Crippen LogP contribution >= 0.6 is 0 Å². The van der Waals surface area contributed by atoms with Crippen molar-refractivity contribution in [1.82, 2.24) is 0 Å². The SMILES string of the molecule is NC1C=CC=C2C3CCC(C3O)C21. The van der Waals surface area contributed by atoms with E-state index in [1.54, 1.807) is 0 Å². The molecule has 3 aliphatic rings. The van der Waals surface area contributed by atoms with Gasteiger partial charge in [0.25, 0.3) is 0 Å². The standard InChI is InChI=1S/C11H15NO/c12-9-3-1-2-6-7-4-5-8(10(6)9)11(7)13/h1-3,7-11,13H,4-5,12H2. The van der Waals surface area contributed by atoms with Crippen LogP contribution in [0.1, 0.15) is 12.8 Å². The Morgan fingerprint density at radius 2 is 2.23 bits per heavy atom. The number of aliphatic hydroxyl groups is 1. The molecule has 3 aliphatic carbocycles. The molecule has 2 heteroatoms. The lowest BCUT2D eigenvalue weighted by molar-refractivity contribution is 0.119. The highest BCUT2D eigenvalue weighted by Gasteiger charge is 2.52. The number of hydrogen-bond donors (Lipinski definition) is 2. The Bertz CT molecular complexity index is 294. The molecule has 0 amide bonds. The minimum atomic E-state index is -0.109. The van der Waals surface area contributed by atoms with E-state index in [4.69, 9.17) is 5.73 Å². The monoisotopic (exact) mass is 177 g/mol. The van der Waals surface area contributed by atoms with Crippen LogP contribution in [0.25, 0.3) is 0 Å². The summed E-state index contributed by atoms with van der Waals surface area (Å²) in [5.41, 5.74) is 7.45. The zero-order valence-electron chi connectivity index (χ0n) is 7.56. The molecular formula is C11H15NO. The molecule has 0 radical (unpaired) electrons. The molecule has 2 saturated carbocycles. The fraction of sp³-hybridized carbons (Fsp3) is 0.636. The van der Waals surface area contributed by atoms with E-state index in [2.05, 4.69) is 12.2 Å². The lowest BCUT2D eigenvalue weighted by Gasteiger charge is -2.30. The maximum atomic E-state index is 9.95. The first-order valence-electron chi connectivity index (χ1n) is 5.11. The molecule has 5 atom stereocenters. The van der Waals surface area contributed by atoms with E-state index >= 15 is 0 Å². The molecule has 0 heterocycles. The Labute approximate surface area is 78.1 Å². The van der Waals surface area contributed by atoms with E-state index in [0.29, 0.717) is 17.8 Å². The largest absolute Gasteiger partial charge is 0.392 e. The van der Waals surface area contributed by atoms with Crippen molar-refractivity contribution in [1.29, 1.82) is 0 Å². The van der Waals surface area contributed by atoms with Gasteiger partial charge < -0.3 is 10.8 Å². The van der Waals surface area contributed by atoms with E-state index in [9.17, 15) is 5.11 Å². The summed E-state index contributed by atoms with van der Waals surface area (Å²) in [6, 6.07) is 0.143. The molecule has 0 aromatic heterocycles. The van der Waals surface area contributed by atoms with Gasteiger partial charge in [-0.2, -0.15) is 0 Å². The van der Waals surface area contributed by atoms with Crippen molar-refractivity contribution < 1.29 is 5.11 Å². The Hall–Kier alpha value is -0.600. The molecule has 5 unspecified atom stereocenters. The second kappa shape index (κ2) is 2.46. The van der Waals surface area contributed by atoms with Crippen molar-refractivity contribution in [3.63, 3.8) is 0 Å². The Kier molecular flexibility index (Phi) is 1.47. The Morgan fingerprint density at radius 3 is 3.00 bits per heavy atom. The van der Waals surface area contributed by atoms with Crippen molar-refractivity contribution >= 4 is 0 Å². The zero-order valence-corrected chi connectivity index (χ0v) is 7.56. The molecule has 0 spiro atoms. The summed E-state index contributed by atoms with van der Waals surface area (Å²) in [7, 11) is 0. The minimum Gasteiger partial charge on any atom is -0.392 e. The van der Waals surface area contributed by atoms with Crippen LogP contribution in [0.5, 0.6) is 0 Å². The second-order valence-electron chi connectivity index (χ2n) is 4.49. The molecule has 0 aromatic carbocycles. The lowest BCUT2D eigenvalue weighted by Crippen LogP contribution is -2.35. The summed E-state index contributed by atoms with van der Waals surface area (Å²) in [4.78, 5) is 0. The maximum absolute atomic E-state index is 9.95. The van der Waals surface area contributed by atoms with Gasteiger partial charge in [-0.3, -0.25) is 0 Å². The highest BCUT2D eigenvalue weighted by atomic mass is 16.3. The lowest BCUT2D eigenvalue weighted by atomic mass is 9.77. The average molecular weight is 177 g/mol. The third-order valence-electron chi connectivity index (χ3n) is 3.97. The van der Waals surface area contributed by atoms with Gasteiger partial charge in [-0.05, 0) is 18.8 Å². The van der Waals surface area contributed by atoms with Crippen LogP contribution in [0.2, 0.25) is 0 Å². The van der Waals surface area contributed by atoms with Crippen LogP contribution in [0.4, 0.5) is 0 Å². The normalized spacial score (nSPS) is 52.2. The quantitative estimate of drug-likeness (QED) is 0.575. The molecule has 3 rings (SSSR count). The van der Waals surface area contributed by atoms with Crippen molar-refractivity contribution in [2.75, 3.05) is 0 Å². The van der Waals surface area contributed by atoms with E-state index in [0.717, 1.165) is 12.8 Å². The predicted octanol–water partition coefficient (Wildman–Crippen LogP) is 0.827. The summed E-state index contributed by atoms with van der Waals surface area (Å²) in [6.07, 6.45) is 8.48. The fourth-order valence-electron chi connectivity index (χ4n) is 3.42. The van der Waals surface area contributed by atoms with Gasteiger partial charge in [-0.1, -0.05) is 23.8 Å². The third kappa shape index (κ3) is 0.851. The number of aliphatic hydroxyl groups excluding tert-OH is 1. The van der Waals surface area contributed by atoms with Gasteiger partial charge in [-0.15, -0.1) is 0 Å². The zero-order chi connectivity index (χ0) is 9.00. The fourth-order valence-corrected chi connectivity index (χ4v) is 3.42. The van der Waals surface area contributed by atoms with Crippen LogP contribution in [0, 0.1) is 17.8 Å². The summed E-state index contributed by atoms with van der Waals surface area (Å²) < 4.78 is 0. The van der Waals surface area contributed by atoms with Crippen molar-refractivity contribution in [3.05, 3.63) is 23.8 Å². The van der Waals surface area contributed by atoms with Crippen molar-refractivity contribution in [2.45, 2.75) is 25.0 Å². The summed E-state index contributed by atoms with van der Waals surface area (Å²) >= 11 is 0. The number of nitrogens with two attached hydrogens (primary N) is 1. The van der Waals surface area contributed by atoms with Crippen molar-refractivity contribution in [3.8, 4) is 0 Å². The summed E-state index contributed by atoms with van der Waals surface area (Å²) in [6.45, 7) is 0. The molecule has 13 heavy (non-hydrogen) atoms. The molecule has 70 valence electrons. The van der Waals surface area contributed by atoms with Gasteiger partial charge in [0.1, 0.15) is 0 Å². The molecule has 2 bridgehead atoms.